The second kappa shape index (κ2) is 30.6. The monoisotopic (exact) mass is 497 g/mol. The fraction of sp³-hybridized carbons (Fsp3) is 0.900. The molecule has 1 saturated carbocycles. The number of Topliss-reactive ketones (excluding diaryl/α,β-unsaturated/α-hetero) is 1. The number of nitrogens with one attached hydrogen (secondary N) is 1. The zero-order valence-corrected chi connectivity index (χ0v) is 23.6. The van der Waals surface area contributed by atoms with Crippen LogP contribution in [0.2, 0.25) is 0 Å². The maximum absolute atomic E-state index is 11.1. The highest BCUT2D eigenvalue weighted by Gasteiger charge is 2.16. The molecule has 0 radical (unpaired) electrons. The molecule has 0 unspecified atom stereocenters. The molecule has 0 saturated heterocycles. The predicted octanol–water partition coefficient (Wildman–Crippen LogP) is 8.63. The van der Waals surface area contributed by atoms with Gasteiger partial charge in [-0.05, 0) is 26.2 Å². The SMILES string of the molecule is CC(=O)C1CCCCC1.CCCCCCCCCCCCCCCCCCCC(=O)NC.O=CO. The highest BCUT2D eigenvalue weighted by atomic mass is 16.3. The Kier molecular flexibility index (Phi) is 31.3. The Labute approximate surface area is 217 Å². The van der Waals surface area contributed by atoms with Crippen molar-refractivity contribution in [3.05, 3.63) is 0 Å². The lowest BCUT2D eigenvalue weighted by Crippen LogP contribution is -2.16. The van der Waals surface area contributed by atoms with Crippen molar-refractivity contribution in [2.24, 2.45) is 5.92 Å². The van der Waals surface area contributed by atoms with Crippen LogP contribution in [0.1, 0.15) is 162 Å². The van der Waals surface area contributed by atoms with Crippen LogP contribution in [0.5, 0.6) is 0 Å². The Hall–Kier alpha value is -1.39. The molecule has 0 spiro atoms. The van der Waals surface area contributed by atoms with E-state index in [4.69, 9.17) is 9.90 Å². The van der Waals surface area contributed by atoms with E-state index in [-0.39, 0.29) is 12.4 Å². The second-order valence-electron chi connectivity index (χ2n) is 10.1. The molecular weight excluding hydrogens is 438 g/mol. The molecule has 2 N–H and O–H groups in total. The van der Waals surface area contributed by atoms with Crippen LogP contribution in [0.4, 0.5) is 0 Å². The van der Waals surface area contributed by atoms with Crippen molar-refractivity contribution >= 4 is 18.2 Å². The van der Waals surface area contributed by atoms with Gasteiger partial charge in [-0.3, -0.25) is 14.4 Å². The third-order valence-electron chi connectivity index (χ3n) is 6.97. The van der Waals surface area contributed by atoms with E-state index in [1.54, 1.807) is 14.0 Å². The van der Waals surface area contributed by atoms with Gasteiger partial charge in [0.15, 0.2) is 0 Å². The van der Waals surface area contributed by atoms with Crippen molar-refractivity contribution in [3.63, 3.8) is 0 Å². The van der Waals surface area contributed by atoms with E-state index < -0.39 is 0 Å². The summed E-state index contributed by atoms with van der Waals surface area (Å²) in [4.78, 5) is 30.2. The van der Waals surface area contributed by atoms with Gasteiger partial charge in [0, 0.05) is 19.4 Å². The standard InChI is InChI=1S/C21H43NO.C8H14O.CH2O2/c1-3-4-5-6-7-8-9-10-11-12-13-14-15-16-17-18-19-20-21(23)22-2;1-7(9)8-5-3-2-4-6-8;2-1-3/h3-20H2,1-2H3,(H,22,23);8H,2-6H2,1H3;1H,(H,2,3). The molecular formula is C30H59NO4. The summed E-state index contributed by atoms with van der Waals surface area (Å²) in [6, 6.07) is 0. The molecule has 1 fully saturated rings. The third-order valence-corrected chi connectivity index (χ3v) is 6.97. The van der Waals surface area contributed by atoms with Crippen molar-refractivity contribution < 1.29 is 19.5 Å². The van der Waals surface area contributed by atoms with Crippen molar-refractivity contribution in [1.29, 1.82) is 0 Å². The summed E-state index contributed by atoms with van der Waals surface area (Å²) in [6.07, 6.45) is 30.4. The van der Waals surface area contributed by atoms with Crippen LogP contribution >= 0.6 is 0 Å². The van der Waals surface area contributed by atoms with Crippen molar-refractivity contribution in [2.45, 2.75) is 162 Å². The van der Waals surface area contributed by atoms with Gasteiger partial charge < -0.3 is 10.4 Å². The molecule has 208 valence electrons. The molecule has 1 amide bonds. The predicted molar refractivity (Wildman–Crippen MR) is 149 cm³/mol. The van der Waals surface area contributed by atoms with Crippen molar-refractivity contribution in [1.82, 2.24) is 5.32 Å². The van der Waals surface area contributed by atoms with Gasteiger partial charge in [0.2, 0.25) is 5.91 Å². The van der Waals surface area contributed by atoms with E-state index in [0.717, 1.165) is 19.3 Å². The van der Waals surface area contributed by atoms with Gasteiger partial charge in [-0.1, -0.05) is 129 Å². The minimum absolute atomic E-state index is 0.186. The van der Waals surface area contributed by atoms with E-state index in [1.165, 1.54) is 122 Å². The Morgan fingerprint density at radius 3 is 1.34 bits per heavy atom. The summed E-state index contributed by atoms with van der Waals surface area (Å²) in [5.74, 6) is 0.999. The first-order valence-electron chi connectivity index (χ1n) is 14.8. The smallest absolute Gasteiger partial charge is 0.290 e. The quantitative estimate of drug-likeness (QED) is 0.138. The zero-order chi connectivity index (χ0) is 26.4. The molecule has 5 nitrogen and oxygen atoms in total. The van der Waals surface area contributed by atoms with Crippen molar-refractivity contribution in [2.75, 3.05) is 7.05 Å². The molecule has 1 aliphatic carbocycles. The lowest BCUT2D eigenvalue weighted by Gasteiger charge is -2.17. The number of unbranched alkanes of at least 4 members (excludes halogenated alkanes) is 16. The average Bonchev–Trinajstić information content (AvgIpc) is 2.87. The summed E-state index contributed by atoms with van der Waals surface area (Å²) < 4.78 is 0. The van der Waals surface area contributed by atoms with Crippen LogP contribution in [0, 0.1) is 5.92 Å². The van der Waals surface area contributed by atoms with Crippen LogP contribution in [0.15, 0.2) is 0 Å². The number of hydrogen-bond acceptors (Lipinski definition) is 3. The molecule has 0 aliphatic heterocycles. The molecule has 0 bridgehead atoms. The van der Waals surface area contributed by atoms with Gasteiger partial charge in [-0.25, -0.2) is 0 Å². The number of amides is 1. The van der Waals surface area contributed by atoms with Crippen LogP contribution < -0.4 is 5.32 Å². The van der Waals surface area contributed by atoms with E-state index in [0.29, 0.717) is 18.1 Å². The number of hydrogen-bond donors (Lipinski definition) is 2. The number of carbonyl (C=O) groups excluding carboxylic acids is 2. The molecule has 5 heteroatoms. The normalized spacial score (nSPS) is 13.1. The molecule has 1 rings (SSSR count). The number of rotatable bonds is 19. The fourth-order valence-electron chi connectivity index (χ4n) is 4.64. The van der Waals surface area contributed by atoms with Gasteiger partial charge in [0.25, 0.3) is 6.47 Å². The molecule has 0 aromatic carbocycles. The van der Waals surface area contributed by atoms with Gasteiger partial charge in [0.1, 0.15) is 5.78 Å². The van der Waals surface area contributed by atoms with Gasteiger partial charge in [-0.2, -0.15) is 0 Å². The Morgan fingerprint density at radius 1 is 0.714 bits per heavy atom. The zero-order valence-electron chi connectivity index (χ0n) is 23.6. The molecule has 1 aliphatic rings. The topological polar surface area (TPSA) is 83.5 Å². The lowest BCUT2D eigenvalue weighted by molar-refractivity contribution is -0.123. The summed E-state index contributed by atoms with van der Waals surface area (Å²) in [5.41, 5.74) is 0. The van der Waals surface area contributed by atoms with Gasteiger partial charge in [-0.15, -0.1) is 0 Å². The first kappa shape index (κ1) is 35.8. The largest absolute Gasteiger partial charge is 0.483 e. The summed E-state index contributed by atoms with van der Waals surface area (Å²) in [7, 11) is 1.72. The van der Waals surface area contributed by atoms with E-state index in [9.17, 15) is 9.59 Å². The van der Waals surface area contributed by atoms with Crippen LogP contribution in [0.3, 0.4) is 0 Å². The lowest BCUT2D eigenvalue weighted by atomic mass is 9.87. The van der Waals surface area contributed by atoms with E-state index in [1.807, 2.05) is 0 Å². The minimum Gasteiger partial charge on any atom is -0.483 e. The van der Waals surface area contributed by atoms with Crippen LogP contribution in [-0.4, -0.2) is 30.3 Å². The molecule has 35 heavy (non-hydrogen) atoms. The first-order valence-corrected chi connectivity index (χ1v) is 14.8. The number of carboxylic acid groups (broad SMARTS) is 1. The van der Waals surface area contributed by atoms with E-state index in [2.05, 4.69) is 12.2 Å². The molecule has 0 heterocycles. The van der Waals surface area contributed by atoms with Crippen LogP contribution in [-0.2, 0) is 14.4 Å². The highest BCUT2D eigenvalue weighted by Crippen LogP contribution is 2.23. The molecule has 0 aromatic rings. The Balaban J connectivity index is 0. The summed E-state index contributed by atoms with van der Waals surface area (Å²) >= 11 is 0. The van der Waals surface area contributed by atoms with Gasteiger partial charge in [0.05, 0.1) is 0 Å². The molecule has 0 atom stereocenters. The Bertz CT molecular complexity index is 461. The number of ketones is 1. The number of carbonyl (C=O) groups is 3. The fourth-order valence-corrected chi connectivity index (χ4v) is 4.64. The maximum Gasteiger partial charge on any atom is 0.290 e. The maximum atomic E-state index is 11.1. The second-order valence-corrected chi connectivity index (χ2v) is 10.1. The summed E-state index contributed by atoms with van der Waals surface area (Å²) in [5, 5.41) is 9.57. The van der Waals surface area contributed by atoms with E-state index >= 15 is 0 Å². The summed E-state index contributed by atoms with van der Waals surface area (Å²) in [6.45, 7) is 3.75. The van der Waals surface area contributed by atoms with Gasteiger partial charge >= 0.3 is 0 Å². The average molecular weight is 498 g/mol. The van der Waals surface area contributed by atoms with Crippen molar-refractivity contribution in [3.8, 4) is 0 Å². The van der Waals surface area contributed by atoms with Crippen LogP contribution in [0.25, 0.3) is 0 Å². The first-order chi connectivity index (χ1) is 17.0. The third kappa shape index (κ3) is 30.6. The highest BCUT2D eigenvalue weighted by molar-refractivity contribution is 5.78. The Morgan fingerprint density at radius 2 is 1.06 bits per heavy atom. The molecule has 0 aromatic heterocycles. The minimum atomic E-state index is -0.250.